The van der Waals surface area contributed by atoms with E-state index in [1.54, 1.807) is 12.1 Å². The number of carbonyl (C=O) groups excluding carboxylic acids is 2. The van der Waals surface area contributed by atoms with Crippen molar-refractivity contribution in [3.63, 3.8) is 0 Å². The number of carbonyl (C=O) groups is 2. The summed E-state index contributed by atoms with van der Waals surface area (Å²) in [6, 6.07) is 17.3. The lowest BCUT2D eigenvalue weighted by Crippen LogP contribution is -2.11. The number of hydrogen-bond acceptors (Lipinski definition) is 6. The van der Waals surface area contributed by atoms with Crippen molar-refractivity contribution in [2.45, 2.75) is 10.5 Å². The highest BCUT2D eigenvalue weighted by molar-refractivity contribution is 8.01. The minimum atomic E-state index is -4.51. The van der Waals surface area contributed by atoms with Crippen LogP contribution in [0, 0.1) is 0 Å². The number of fused-ring (bicyclic) bond motifs is 1. The van der Waals surface area contributed by atoms with E-state index < -0.39 is 17.5 Å². The first-order valence-electron chi connectivity index (χ1n) is 9.26. The van der Waals surface area contributed by atoms with Gasteiger partial charge in [-0.25, -0.2) is 0 Å². The number of hydrogen-bond donors (Lipinski definition) is 1. The summed E-state index contributed by atoms with van der Waals surface area (Å²) in [5, 5.41) is 12.7. The topological polar surface area (TPSA) is 72.0 Å². The largest absolute Gasteiger partial charge is 0.416 e. The number of halogens is 3. The highest BCUT2D eigenvalue weighted by atomic mass is 32.2. The molecule has 3 aromatic carbocycles. The summed E-state index contributed by atoms with van der Waals surface area (Å²) < 4.78 is 38.9. The highest BCUT2D eigenvalue weighted by Gasteiger charge is 2.30. The number of alkyl halides is 3. The summed E-state index contributed by atoms with van der Waals surface area (Å²) in [5.74, 6) is -0.907. The molecule has 162 valence electrons. The van der Waals surface area contributed by atoms with Gasteiger partial charge in [0.15, 0.2) is 10.1 Å². The zero-order valence-corrected chi connectivity index (χ0v) is 17.9. The summed E-state index contributed by atoms with van der Waals surface area (Å²) in [6.07, 6.45) is -4.51. The van der Waals surface area contributed by atoms with Gasteiger partial charge in [-0.15, -0.1) is 10.2 Å². The minimum Gasteiger partial charge on any atom is -0.296 e. The minimum absolute atomic E-state index is 0.0262. The Hall–Kier alpha value is -3.24. The average Bonchev–Trinajstić information content (AvgIpc) is 3.23. The maximum atomic E-state index is 12.8. The van der Waals surface area contributed by atoms with Gasteiger partial charge in [0.05, 0.1) is 11.3 Å². The molecule has 10 heteroatoms. The normalized spacial score (nSPS) is 11.5. The van der Waals surface area contributed by atoms with Crippen LogP contribution in [0.2, 0.25) is 0 Å². The molecule has 1 amide bonds. The molecule has 0 spiro atoms. The van der Waals surface area contributed by atoms with Gasteiger partial charge < -0.3 is 0 Å². The van der Waals surface area contributed by atoms with Crippen molar-refractivity contribution in [3.05, 3.63) is 83.4 Å². The molecule has 0 saturated heterocycles. The first-order chi connectivity index (χ1) is 15.3. The molecular formula is C22H14F3N3O2S2. The third-order valence-corrected chi connectivity index (χ3v) is 6.45. The molecule has 0 saturated carbocycles. The van der Waals surface area contributed by atoms with E-state index in [9.17, 15) is 22.8 Å². The van der Waals surface area contributed by atoms with Crippen LogP contribution in [0.5, 0.6) is 0 Å². The van der Waals surface area contributed by atoms with Crippen LogP contribution in [0.3, 0.4) is 0 Å². The van der Waals surface area contributed by atoms with Crippen LogP contribution in [0.15, 0.2) is 71.1 Å². The molecule has 0 aliphatic carbocycles. The number of aromatic nitrogens is 2. The Bertz CT molecular complexity index is 1300. The van der Waals surface area contributed by atoms with E-state index >= 15 is 0 Å². The SMILES string of the molecule is O=C(CSc1nnc(NC(=O)c2ccc3ccccc3c2)s1)c1cccc(C(F)(F)F)c1. The van der Waals surface area contributed by atoms with Crippen LogP contribution in [0.4, 0.5) is 18.3 Å². The monoisotopic (exact) mass is 473 g/mol. The number of ketones is 1. The van der Waals surface area contributed by atoms with Gasteiger partial charge >= 0.3 is 6.18 Å². The number of anilines is 1. The Labute approximate surface area is 188 Å². The van der Waals surface area contributed by atoms with E-state index in [0.29, 0.717) is 9.90 Å². The first kappa shape index (κ1) is 22.0. The van der Waals surface area contributed by atoms with Crippen molar-refractivity contribution in [1.82, 2.24) is 10.2 Å². The Morgan fingerprint density at radius 2 is 1.69 bits per heavy atom. The van der Waals surface area contributed by atoms with E-state index in [2.05, 4.69) is 15.5 Å². The number of amides is 1. The molecule has 1 aromatic heterocycles. The lowest BCUT2D eigenvalue weighted by molar-refractivity contribution is -0.137. The van der Waals surface area contributed by atoms with Gasteiger partial charge in [-0.05, 0) is 35.0 Å². The van der Waals surface area contributed by atoms with Crippen LogP contribution in [0.1, 0.15) is 26.3 Å². The molecule has 0 aliphatic rings. The summed E-state index contributed by atoms with van der Waals surface area (Å²) in [6.45, 7) is 0. The van der Waals surface area contributed by atoms with Crippen LogP contribution in [0.25, 0.3) is 10.8 Å². The van der Waals surface area contributed by atoms with Crippen LogP contribution < -0.4 is 5.32 Å². The highest BCUT2D eigenvalue weighted by Crippen LogP contribution is 2.31. The third kappa shape index (κ3) is 5.14. The Kier molecular flexibility index (Phi) is 6.24. The van der Waals surface area contributed by atoms with Gasteiger partial charge in [-0.3, -0.25) is 14.9 Å². The van der Waals surface area contributed by atoms with Crippen molar-refractivity contribution < 1.29 is 22.8 Å². The molecule has 0 fully saturated rings. The molecule has 1 heterocycles. The standard InChI is InChI=1S/C22H14F3N3O2S2/c23-22(24,25)17-7-3-6-15(11-17)18(29)12-31-21-28-27-20(32-21)26-19(30)16-9-8-13-4-1-2-5-14(13)10-16/h1-11H,12H2,(H,26,27,30). The van der Waals surface area contributed by atoms with Crippen molar-refractivity contribution in [1.29, 1.82) is 0 Å². The van der Waals surface area contributed by atoms with Crippen molar-refractivity contribution in [3.8, 4) is 0 Å². The summed E-state index contributed by atoms with van der Waals surface area (Å²) in [5.41, 5.74) is -0.433. The fourth-order valence-corrected chi connectivity index (χ4v) is 4.54. The van der Waals surface area contributed by atoms with Crippen LogP contribution in [-0.4, -0.2) is 27.6 Å². The van der Waals surface area contributed by atoms with Crippen molar-refractivity contribution in [2.75, 3.05) is 11.1 Å². The summed E-state index contributed by atoms with van der Waals surface area (Å²) >= 11 is 2.13. The molecule has 0 radical (unpaired) electrons. The van der Waals surface area contributed by atoms with E-state index in [1.165, 1.54) is 12.1 Å². The van der Waals surface area contributed by atoms with E-state index in [-0.39, 0.29) is 22.4 Å². The third-order valence-electron chi connectivity index (χ3n) is 4.48. The van der Waals surface area contributed by atoms with Gasteiger partial charge in [0.25, 0.3) is 5.91 Å². The second kappa shape index (κ2) is 9.09. The molecule has 1 N–H and O–H groups in total. The molecule has 0 aliphatic heterocycles. The fourth-order valence-electron chi connectivity index (χ4n) is 2.90. The smallest absolute Gasteiger partial charge is 0.296 e. The predicted octanol–water partition coefficient (Wildman–Crippen LogP) is 5.94. The molecule has 5 nitrogen and oxygen atoms in total. The maximum absolute atomic E-state index is 12.8. The quantitative estimate of drug-likeness (QED) is 0.213. The van der Waals surface area contributed by atoms with Gasteiger partial charge in [-0.2, -0.15) is 13.2 Å². The zero-order chi connectivity index (χ0) is 22.7. The number of Topliss-reactive ketones (excluding diaryl/α,β-unsaturated/α-hetero) is 1. The first-order valence-corrected chi connectivity index (χ1v) is 11.1. The van der Waals surface area contributed by atoms with E-state index in [0.717, 1.165) is 46.0 Å². The number of nitrogens with one attached hydrogen (secondary N) is 1. The average molecular weight is 474 g/mol. The number of nitrogens with zero attached hydrogens (tertiary/aromatic N) is 2. The molecule has 4 rings (SSSR count). The van der Waals surface area contributed by atoms with Gasteiger partial charge in [0.1, 0.15) is 0 Å². The lowest BCUT2D eigenvalue weighted by Gasteiger charge is -2.07. The summed E-state index contributed by atoms with van der Waals surface area (Å²) in [4.78, 5) is 24.8. The Morgan fingerprint density at radius 1 is 0.906 bits per heavy atom. The number of thioether (sulfide) groups is 1. The number of rotatable bonds is 6. The van der Waals surface area contributed by atoms with Crippen molar-refractivity contribution in [2.24, 2.45) is 0 Å². The molecule has 0 unspecified atom stereocenters. The van der Waals surface area contributed by atoms with Gasteiger partial charge in [0, 0.05) is 11.1 Å². The number of benzene rings is 3. The predicted molar refractivity (Wildman–Crippen MR) is 118 cm³/mol. The van der Waals surface area contributed by atoms with Crippen LogP contribution in [-0.2, 0) is 6.18 Å². The molecular weight excluding hydrogens is 459 g/mol. The lowest BCUT2D eigenvalue weighted by atomic mass is 10.1. The van der Waals surface area contributed by atoms with E-state index in [4.69, 9.17) is 0 Å². The van der Waals surface area contributed by atoms with E-state index in [1.807, 2.05) is 30.3 Å². The second-order valence-electron chi connectivity index (χ2n) is 6.68. The maximum Gasteiger partial charge on any atom is 0.416 e. The molecule has 0 bridgehead atoms. The fraction of sp³-hybridized carbons (Fsp3) is 0.0909. The zero-order valence-electron chi connectivity index (χ0n) is 16.2. The summed E-state index contributed by atoms with van der Waals surface area (Å²) in [7, 11) is 0. The molecule has 4 aromatic rings. The van der Waals surface area contributed by atoms with Gasteiger partial charge in [-0.1, -0.05) is 65.6 Å². The second-order valence-corrected chi connectivity index (χ2v) is 8.88. The molecule has 0 atom stereocenters. The Morgan fingerprint density at radius 3 is 2.47 bits per heavy atom. The molecule has 32 heavy (non-hydrogen) atoms. The van der Waals surface area contributed by atoms with Crippen LogP contribution >= 0.6 is 23.1 Å². The Balaban J connectivity index is 1.37. The van der Waals surface area contributed by atoms with Crippen molar-refractivity contribution >= 4 is 50.7 Å². The van der Waals surface area contributed by atoms with Gasteiger partial charge in [0.2, 0.25) is 5.13 Å².